The lowest BCUT2D eigenvalue weighted by atomic mass is 10.3. The van der Waals surface area contributed by atoms with Gasteiger partial charge in [-0.05, 0) is 36.3 Å². The molecule has 0 fully saturated rings. The fourth-order valence-corrected chi connectivity index (χ4v) is 1.44. The van der Waals surface area contributed by atoms with E-state index in [9.17, 15) is 0 Å². The molecule has 1 rings (SSSR count). The molecule has 106 valence electrons. The lowest BCUT2D eigenvalue weighted by Gasteiger charge is -2.12. The number of benzene rings is 1. The third kappa shape index (κ3) is 6.87. The molecule has 0 aliphatic heterocycles. The Labute approximate surface area is 116 Å². The van der Waals surface area contributed by atoms with Crippen molar-refractivity contribution in [3.8, 4) is 11.5 Å². The Balaban J connectivity index is 2.31. The summed E-state index contributed by atoms with van der Waals surface area (Å²) < 4.78 is 11.2. The predicted molar refractivity (Wildman–Crippen MR) is 80.0 cm³/mol. The van der Waals surface area contributed by atoms with E-state index in [1.54, 1.807) is 0 Å². The van der Waals surface area contributed by atoms with Crippen molar-refractivity contribution in [2.45, 2.75) is 33.2 Å². The molecule has 0 saturated heterocycles. The van der Waals surface area contributed by atoms with Gasteiger partial charge in [0.05, 0.1) is 6.61 Å². The van der Waals surface area contributed by atoms with Crippen LogP contribution >= 0.6 is 0 Å². The zero-order chi connectivity index (χ0) is 14.1. The Kier molecular flexibility index (Phi) is 7.04. The van der Waals surface area contributed by atoms with Crippen LogP contribution in [0.15, 0.2) is 36.4 Å². The van der Waals surface area contributed by atoms with Gasteiger partial charge in [-0.25, -0.2) is 0 Å². The number of hydrogen-bond acceptors (Lipinski definition) is 3. The van der Waals surface area contributed by atoms with Crippen molar-refractivity contribution in [2.75, 3.05) is 19.8 Å². The molecule has 0 atom stereocenters. The van der Waals surface area contributed by atoms with Gasteiger partial charge in [-0.3, -0.25) is 0 Å². The zero-order valence-electron chi connectivity index (χ0n) is 12.2. The molecular weight excluding hydrogens is 238 g/mol. The summed E-state index contributed by atoms with van der Waals surface area (Å²) in [4.78, 5) is 0. The van der Waals surface area contributed by atoms with Gasteiger partial charge >= 0.3 is 0 Å². The van der Waals surface area contributed by atoms with E-state index < -0.39 is 0 Å². The first-order valence-corrected chi connectivity index (χ1v) is 6.87. The summed E-state index contributed by atoms with van der Waals surface area (Å²) in [5.41, 5.74) is 1.04. The molecular formula is C16H25NO2. The van der Waals surface area contributed by atoms with Gasteiger partial charge in [-0.1, -0.05) is 27.4 Å². The normalized spacial score (nSPS) is 10.5. The molecule has 0 aliphatic rings. The summed E-state index contributed by atoms with van der Waals surface area (Å²) in [5.74, 6) is 1.73. The van der Waals surface area contributed by atoms with E-state index in [1.807, 2.05) is 24.3 Å². The van der Waals surface area contributed by atoms with Crippen molar-refractivity contribution < 1.29 is 9.47 Å². The van der Waals surface area contributed by atoms with Crippen molar-refractivity contribution in [2.24, 2.45) is 0 Å². The van der Waals surface area contributed by atoms with Crippen LogP contribution in [0, 0.1) is 0 Å². The van der Waals surface area contributed by atoms with Crippen LogP contribution in [0.2, 0.25) is 0 Å². The van der Waals surface area contributed by atoms with Crippen LogP contribution in [0.5, 0.6) is 11.5 Å². The second-order valence-electron chi connectivity index (χ2n) is 4.89. The minimum Gasteiger partial charge on any atom is -0.494 e. The molecule has 0 spiro atoms. The summed E-state index contributed by atoms with van der Waals surface area (Å²) >= 11 is 0. The van der Waals surface area contributed by atoms with Crippen LogP contribution in [0.1, 0.15) is 27.2 Å². The average Bonchev–Trinajstić information content (AvgIpc) is 2.41. The van der Waals surface area contributed by atoms with Gasteiger partial charge in [0.1, 0.15) is 18.1 Å². The summed E-state index contributed by atoms with van der Waals surface area (Å²) in [6.45, 7) is 12.4. The number of nitrogens with one attached hydrogen (secondary N) is 1. The van der Waals surface area contributed by atoms with Crippen molar-refractivity contribution in [1.29, 1.82) is 0 Å². The first-order chi connectivity index (χ1) is 9.11. The molecule has 1 aromatic carbocycles. The SMILES string of the molecule is C=C(CNC(C)C)COc1ccc(OCCC)cc1. The van der Waals surface area contributed by atoms with Gasteiger partial charge in [0.15, 0.2) is 0 Å². The fraction of sp³-hybridized carbons (Fsp3) is 0.500. The van der Waals surface area contributed by atoms with Gasteiger partial charge in [-0.2, -0.15) is 0 Å². The molecule has 0 heterocycles. The maximum atomic E-state index is 5.66. The molecule has 0 aliphatic carbocycles. The number of hydrogen-bond donors (Lipinski definition) is 1. The summed E-state index contributed by atoms with van der Waals surface area (Å²) in [6, 6.07) is 8.18. The lowest BCUT2D eigenvalue weighted by molar-refractivity contribution is 0.315. The van der Waals surface area contributed by atoms with Gasteiger partial charge in [0, 0.05) is 12.6 Å². The fourth-order valence-electron chi connectivity index (χ4n) is 1.44. The molecule has 19 heavy (non-hydrogen) atoms. The quantitative estimate of drug-likeness (QED) is 0.693. The summed E-state index contributed by atoms with van der Waals surface area (Å²) in [6.07, 6.45) is 1.01. The second-order valence-corrected chi connectivity index (χ2v) is 4.89. The third-order valence-corrected chi connectivity index (χ3v) is 2.50. The smallest absolute Gasteiger partial charge is 0.120 e. The standard InChI is InChI=1S/C16H25NO2/c1-5-10-18-15-6-8-16(9-7-15)19-12-14(4)11-17-13(2)3/h6-9,13,17H,4-5,10-12H2,1-3H3. The van der Waals surface area contributed by atoms with E-state index in [0.717, 1.165) is 36.6 Å². The molecule has 0 saturated carbocycles. The van der Waals surface area contributed by atoms with Crippen LogP contribution in [-0.2, 0) is 0 Å². The lowest BCUT2D eigenvalue weighted by Crippen LogP contribution is -2.26. The number of ether oxygens (including phenoxy) is 2. The molecule has 1 N–H and O–H groups in total. The third-order valence-electron chi connectivity index (χ3n) is 2.50. The maximum absolute atomic E-state index is 5.66. The largest absolute Gasteiger partial charge is 0.494 e. The maximum Gasteiger partial charge on any atom is 0.120 e. The molecule has 3 heteroatoms. The average molecular weight is 263 g/mol. The van der Waals surface area contributed by atoms with E-state index in [0.29, 0.717) is 12.6 Å². The van der Waals surface area contributed by atoms with Gasteiger partial charge < -0.3 is 14.8 Å². The van der Waals surface area contributed by atoms with E-state index in [2.05, 4.69) is 32.7 Å². The van der Waals surface area contributed by atoms with Crippen molar-refractivity contribution in [1.82, 2.24) is 5.32 Å². The van der Waals surface area contributed by atoms with Crippen LogP contribution in [0.4, 0.5) is 0 Å². The first kappa shape index (κ1) is 15.6. The highest BCUT2D eigenvalue weighted by Crippen LogP contribution is 2.18. The highest BCUT2D eigenvalue weighted by molar-refractivity contribution is 5.31. The highest BCUT2D eigenvalue weighted by Gasteiger charge is 1.99. The van der Waals surface area contributed by atoms with Crippen LogP contribution in [0.3, 0.4) is 0 Å². The monoisotopic (exact) mass is 263 g/mol. The minimum atomic E-state index is 0.465. The van der Waals surface area contributed by atoms with Gasteiger partial charge in [0.2, 0.25) is 0 Å². The molecule has 1 aromatic rings. The van der Waals surface area contributed by atoms with Gasteiger partial charge in [-0.15, -0.1) is 0 Å². The molecule has 3 nitrogen and oxygen atoms in total. The van der Waals surface area contributed by atoms with E-state index in [1.165, 1.54) is 0 Å². The Hall–Kier alpha value is -1.48. The van der Waals surface area contributed by atoms with Crippen molar-refractivity contribution in [3.05, 3.63) is 36.4 Å². The molecule has 0 radical (unpaired) electrons. The van der Waals surface area contributed by atoms with Crippen molar-refractivity contribution in [3.63, 3.8) is 0 Å². The van der Waals surface area contributed by atoms with E-state index in [-0.39, 0.29) is 0 Å². The Morgan fingerprint density at radius 2 is 1.74 bits per heavy atom. The topological polar surface area (TPSA) is 30.5 Å². The number of rotatable bonds is 9. The van der Waals surface area contributed by atoms with E-state index >= 15 is 0 Å². The summed E-state index contributed by atoms with van der Waals surface area (Å²) in [5, 5.41) is 3.31. The Bertz CT molecular complexity index is 371. The van der Waals surface area contributed by atoms with Crippen molar-refractivity contribution >= 4 is 0 Å². The van der Waals surface area contributed by atoms with Crippen LogP contribution in [-0.4, -0.2) is 25.8 Å². The van der Waals surface area contributed by atoms with Crippen LogP contribution < -0.4 is 14.8 Å². The second kappa shape index (κ2) is 8.59. The highest BCUT2D eigenvalue weighted by atomic mass is 16.5. The Morgan fingerprint density at radius 1 is 1.16 bits per heavy atom. The first-order valence-electron chi connectivity index (χ1n) is 6.87. The molecule has 0 amide bonds. The summed E-state index contributed by atoms with van der Waals surface area (Å²) in [7, 11) is 0. The van der Waals surface area contributed by atoms with E-state index in [4.69, 9.17) is 9.47 Å². The van der Waals surface area contributed by atoms with Gasteiger partial charge in [0.25, 0.3) is 0 Å². The minimum absolute atomic E-state index is 0.465. The zero-order valence-corrected chi connectivity index (χ0v) is 12.2. The molecule has 0 unspecified atom stereocenters. The molecule has 0 aromatic heterocycles. The molecule has 0 bridgehead atoms. The Morgan fingerprint density at radius 3 is 2.26 bits per heavy atom. The predicted octanol–water partition coefficient (Wildman–Crippen LogP) is 3.41. The van der Waals surface area contributed by atoms with Crippen LogP contribution in [0.25, 0.3) is 0 Å².